The Hall–Kier alpha value is -1.62. The molecular weight excluding hydrogens is 309 g/mol. The largest absolute Gasteiger partial charge is 0.493 e. The van der Waals surface area contributed by atoms with E-state index in [1.54, 1.807) is 6.07 Å². The third kappa shape index (κ3) is 3.89. The molecule has 0 bridgehead atoms. The molecule has 1 N–H and O–H groups in total. The molecule has 3 rings (SSSR count). The SMILES string of the molecule is CCC(C)(C)OC(=O)c1cc(C2CC2)c(OCC2CNC2)cc1F. The van der Waals surface area contributed by atoms with E-state index in [0.717, 1.165) is 31.5 Å². The topological polar surface area (TPSA) is 47.6 Å². The number of carbonyl (C=O) groups excluding carboxylic acids is 1. The zero-order valence-electron chi connectivity index (χ0n) is 14.7. The predicted octanol–water partition coefficient (Wildman–Crippen LogP) is 3.65. The first-order valence-electron chi connectivity index (χ1n) is 8.80. The summed E-state index contributed by atoms with van der Waals surface area (Å²) in [4.78, 5) is 12.4. The fraction of sp³-hybridized carbons (Fsp3) is 0.632. The van der Waals surface area contributed by atoms with E-state index in [-0.39, 0.29) is 5.56 Å². The molecule has 1 heterocycles. The van der Waals surface area contributed by atoms with Gasteiger partial charge in [-0.15, -0.1) is 0 Å². The van der Waals surface area contributed by atoms with Crippen molar-refractivity contribution in [2.75, 3.05) is 19.7 Å². The van der Waals surface area contributed by atoms with Crippen molar-refractivity contribution in [1.82, 2.24) is 5.32 Å². The van der Waals surface area contributed by atoms with Crippen molar-refractivity contribution in [2.45, 2.75) is 51.6 Å². The number of esters is 1. The zero-order valence-corrected chi connectivity index (χ0v) is 14.7. The first kappa shape index (κ1) is 17.2. The van der Waals surface area contributed by atoms with Gasteiger partial charge in [-0.2, -0.15) is 0 Å². The highest BCUT2D eigenvalue weighted by molar-refractivity contribution is 5.90. The molecule has 2 aliphatic rings. The van der Waals surface area contributed by atoms with Crippen molar-refractivity contribution in [2.24, 2.45) is 5.92 Å². The van der Waals surface area contributed by atoms with Crippen LogP contribution >= 0.6 is 0 Å². The normalized spacial score (nSPS) is 18.2. The Kier molecular flexibility index (Phi) is 4.81. The van der Waals surface area contributed by atoms with Crippen molar-refractivity contribution < 1.29 is 18.7 Å². The minimum atomic E-state index is -0.602. The molecule has 0 aromatic heterocycles. The highest BCUT2D eigenvalue weighted by Crippen LogP contribution is 2.45. The molecule has 0 atom stereocenters. The minimum absolute atomic E-state index is 0.0103. The first-order chi connectivity index (χ1) is 11.4. The van der Waals surface area contributed by atoms with Crippen LogP contribution in [0.25, 0.3) is 0 Å². The molecule has 1 aromatic rings. The Morgan fingerprint density at radius 3 is 2.58 bits per heavy atom. The molecule has 1 aromatic carbocycles. The van der Waals surface area contributed by atoms with Gasteiger partial charge < -0.3 is 14.8 Å². The number of nitrogens with one attached hydrogen (secondary N) is 1. The number of carbonyl (C=O) groups is 1. The lowest BCUT2D eigenvalue weighted by molar-refractivity contribution is -0.00291. The molecule has 4 nitrogen and oxygen atoms in total. The van der Waals surface area contributed by atoms with Gasteiger partial charge in [0.05, 0.1) is 12.2 Å². The van der Waals surface area contributed by atoms with E-state index in [0.29, 0.717) is 30.6 Å². The average molecular weight is 335 g/mol. The van der Waals surface area contributed by atoms with Gasteiger partial charge in [0.1, 0.15) is 17.2 Å². The monoisotopic (exact) mass is 335 g/mol. The van der Waals surface area contributed by atoms with E-state index in [2.05, 4.69) is 5.32 Å². The van der Waals surface area contributed by atoms with Crippen LogP contribution in [0.15, 0.2) is 12.1 Å². The van der Waals surface area contributed by atoms with Crippen LogP contribution in [0.4, 0.5) is 4.39 Å². The highest BCUT2D eigenvalue weighted by Gasteiger charge is 2.31. The molecule has 1 saturated carbocycles. The summed E-state index contributed by atoms with van der Waals surface area (Å²) in [5, 5.41) is 3.19. The Bertz CT molecular complexity index is 621. The molecule has 0 spiro atoms. The summed E-state index contributed by atoms with van der Waals surface area (Å²) < 4.78 is 25.8. The van der Waals surface area contributed by atoms with Gasteiger partial charge in [0.15, 0.2) is 0 Å². The standard InChI is InChI=1S/C19H26FNO3/c1-4-19(2,3)24-18(22)15-7-14(13-5-6-13)17(8-16(15)20)23-11-12-9-21-10-12/h7-8,12-13,21H,4-6,9-11H2,1-3H3. The van der Waals surface area contributed by atoms with Crippen LogP contribution in [0.5, 0.6) is 5.75 Å². The lowest BCUT2D eigenvalue weighted by Gasteiger charge is -2.27. The molecule has 0 amide bonds. The van der Waals surface area contributed by atoms with Gasteiger partial charge in [-0.25, -0.2) is 9.18 Å². The van der Waals surface area contributed by atoms with E-state index in [1.165, 1.54) is 6.07 Å². The maximum Gasteiger partial charge on any atom is 0.341 e. The first-order valence-corrected chi connectivity index (χ1v) is 8.80. The Morgan fingerprint density at radius 1 is 1.33 bits per heavy atom. The molecule has 132 valence electrons. The number of rotatable bonds is 7. The van der Waals surface area contributed by atoms with Crippen LogP contribution in [-0.4, -0.2) is 31.3 Å². The molecule has 1 aliphatic carbocycles. The van der Waals surface area contributed by atoms with E-state index in [1.807, 2.05) is 20.8 Å². The van der Waals surface area contributed by atoms with Gasteiger partial charge in [0, 0.05) is 25.1 Å². The lowest BCUT2D eigenvalue weighted by atomic mass is 10.0. The fourth-order valence-corrected chi connectivity index (χ4v) is 2.62. The van der Waals surface area contributed by atoms with Gasteiger partial charge in [0.25, 0.3) is 0 Å². The number of halogens is 1. The van der Waals surface area contributed by atoms with Crippen LogP contribution in [0.3, 0.4) is 0 Å². The molecule has 1 aliphatic heterocycles. The molecule has 24 heavy (non-hydrogen) atoms. The number of hydrogen-bond donors (Lipinski definition) is 1. The van der Waals surface area contributed by atoms with Gasteiger partial charge >= 0.3 is 5.97 Å². The molecular formula is C19H26FNO3. The smallest absolute Gasteiger partial charge is 0.341 e. The minimum Gasteiger partial charge on any atom is -0.493 e. The average Bonchev–Trinajstić information content (AvgIpc) is 3.29. The summed E-state index contributed by atoms with van der Waals surface area (Å²) in [6.45, 7) is 8.06. The molecule has 0 radical (unpaired) electrons. The predicted molar refractivity (Wildman–Crippen MR) is 90.0 cm³/mol. The van der Waals surface area contributed by atoms with Crippen molar-refractivity contribution in [1.29, 1.82) is 0 Å². The van der Waals surface area contributed by atoms with Gasteiger partial charge in [-0.05, 0) is 50.7 Å². The third-order valence-electron chi connectivity index (χ3n) is 4.90. The molecule has 0 unspecified atom stereocenters. The summed E-state index contributed by atoms with van der Waals surface area (Å²) in [6.07, 6.45) is 2.79. The lowest BCUT2D eigenvalue weighted by Crippen LogP contribution is -2.45. The van der Waals surface area contributed by atoms with Crippen LogP contribution in [0.2, 0.25) is 0 Å². The Morgan fingerprint density at radius 2 is 2.04 bits per heavy atom. The maximum absolute atomic E-state index is 14.5. The summed E-state index contributed by atoms with van der Waals surface area (Å²) in [6, 6.07) is 2.99. The van der Waals surface area contributed by atoms with E-state index >= 15 is 0 Å². The van der Waals surface area contributed by atoms with Gasteiger partial charge in [0.2, 0.25) is 0 Å². The van der Waals surface area contributed by atoms with Gasteiger partial charge in [-0.3, -0.25) is 0 Å². The van der Waals surface area contributed by atoms with E-state index < -0.39 is 17.4 Å². The summed E-state index contributed by atoms with van der Waals surface area (Å²) in [5.41, 5.74) is 0.344. The number of ether oxygens (including phenoxy) is 2. The molecule has 1 saturated heterocycles. The van der Waals surface area contributed by atoms with E-state index in [4.69, 9.17) is 9.47 Å². The summed E-state index contributed by atoms with van der Waals surface area (Å²) in [7, 11) is 0. The van der Waals surface area contributed by atoms with Crippen molar-refractivity contribution in [3.8, 4) is 5.75 Å². The Balaban J connectivity index is 1.80. The van der Waals surface area contributed by atoms with Crippen LogP contribution in [-0.2, 0) is 4.74 Å². The van der Waals surface area contributed by atoms with Crippen LogP contribution < -0.4 is 10.1 Å². The Labute approximate surface area is 142 Å². The summed E-state index contributed by atoms with van der Waals surface area (Å²) in [5.74, 6) is 0.253. The third-order valence-corrected chi connectivity index (χ3v) is 4.90. The second-order valence-electron chi connectivity index (χ2n) is 7.48. The van der Waals surface area contributed by atoms with Crippen molar-refractivity contribution in [3.05, 3.63) is 29.1 Å². The van der Waals surface area contributed by atoms with E-state index in [9.17, 15) is 9.18 Å². The second kappa shape index (κ2) is 6.71. The molecule has 2 fully saturated rings. The van der Waals surface area contributed by atoms with Crippen LogP contribution in [0, 0.1) is 11.7 Å². The maximum atomic E-state index is 14.5. The van der Waals surface area contributed by atoms with Crippen molar-refractivity contribution >= 4 is 5.97 Å². The zero-order chi connectivity index (χ0) is 17.3. The molecule has 5 heteroatoms. The highest BCUT2D eigenvalue weighted by atomic mass is 19.1. The fourth-order valence-electron chi connectivity index (χ4n) is 2.62. The second-order valence-corrected chi connectivity index (χ2v) is 7.48. The number of hydrogen-bond acceptors (Lipinski definition) is 4. The number of benzene rings is 1. The van der Waals surface area contributed by atoms with Crippen molar-refractivity contribution in [3.63, 3.8) is 0 Å². The quantitative estimate of drug-likeness (QED) is 0.773. The van der Waals surface area contributed by atoms with Crippen LogP contribution in [0.1, 0.15) is 61.9 Å². The van der Waals surface area contributed by atoms with Gasteiger partial charge in [-0.1, -0.05) is 6.92 Å². The summed E-state index contributed by atoms with van der Waals surface area (Å²) >= 11 is 0.